The molecule has 410 valence electrons. The molecule has 0 aliphatic heterocycles. The summed E-state index contributed by atoms with van der Waals surface area (Å²) in [4.78, 5) is 82.8. The smallest absolute Gasteiger partial charge is 0.339 e. The van der Waals surface area contributed by atoms with Gasteiger partial charge in [-0.25, -0.2) is 39.3 Å². The average molecular weight is 1160 g/mol. The van der Waals surface area contributed by atoms with E-state index in [4.69, 9.17) is 46.9 Å². The fourth-order valence-corrected chi connectivity index (χ4v) is 8.24. The van der Waals surface area contributed by atoms with Crippen molar-refractivity contribution in [3.05, 3.63) is 145 Å². The Morgan fingerprint density at radius 1 is 0.481 bits per heavy atom. The fraction of sp³-hybridized carbons (Fsp3) is 0.176. The number of aromatic nitrogens is 6. The van der Waals surface area contributed by atoms with Crippen molar-refractivity contribution in [2.45, 2.75) is 50.0 Å². The number of anilines is 2. The summed E-state index contributed by atoms with van der Waals surface area (Å²) in [6.07, 6.45) is 11.0. The first kappa shape index (κ1) is 58.2. The number of nitrogens with zero attached hydrogens (tertiary/aromatic N) is 6. The Labute approximate surface area is 466 Å². The van der Waals surface area contributed by atoms with Crippen molar-refractivity contribution in [3.8, 4) is 56.1 Å². The third-order valence-electron chi connectivity index (χ3n) is 9.23. The number of carboxylic acid groups (broad SMARTS) is 1. The van der Waals surface area contributed by atoms with Gasteiger partial charge >= 0.3 is 11.9 Å². The number of carbonyl (C=O) groups excluding carboxylic acids is 3. The van der Waals surface area contributed by atoms with Gasteiger partial charge in [0, 0.05) is 35.7 Å². The van der Waals surface area contributed by atoms with Crippen LogP contribution in [0.4, 0.5) is 10.3 Å². The van der Waals surface area contributed by atoms with E-state index in [2.05, 4.69) is 50.3 Å². The second kappa shape index (κ2) is 28.8. The molecule has 0 spiro atoms. The van der Waals surface area contributed by atoms with Gasteiger partial charge in [-0.3, -0.25) is 30.2 Å². The molecule has 0 fully saturated rings. The van der Waals surface area contributed by atoms with Crippen LogP contribution in [0.5, 0.6) is 56.1 Å². The highest BCUT2D eigenvalue weighted by Crippen LogP contribution is 2.35. The third-order valence-corrected chi connectivity index (χ3v) is 12.0. The first-order valence-corrected chi connectivity index (χ1v) is 26.0. The zero-order valence-electron chi connectivity index (χ0n) is 42.6. The van der Waals surface area contributed by atoms with E-state index in [1.165, 1.54) is 83.0 Å². The van der Waals surface area contributed by atoms with Gasteiger partial charge in [0.05, 0.1) is 106 Å². The predicted octanol–water partition coefficient (Wildman–Crippen LogP) is 11.8. The van der Waals surface area contributed by atoms with Crippen molar-refractivity contribution < 1.29 is 75.9 Å². The Hall–Kier alpha value is -8.48. The first-order chi connectivity index (χ1) is 38.1. The zero-order valence-corrected chi connectivity index (χ0v) is 45.9. The molecule has 0 saturated heterocycles. The molecule has 0 bridgehead atoms. The van der Waals surface area contributed by atoms with Crippen molar-refractivity contribution in [3.63, 3.8) is 0 Å². The van der Waals surface area contributed by atoms with E-state index < -0.39 is 23.8 Å². The Morgan fingerprint density at radius 3 is 1.32 bits per heavy atom. The molecule has 0 aliphatic carbocycles. The summed E-state index contributed by atoms with van der Waals surface area (Å²) in [6, 6.07) is 19.3. The molecule has 6 aromatic heterocycles. The molecule has 0 saturated carbocycles. The molecule has 2 aromatic carbocycles. The lowest BCUT2D eigenvalue weighted by Crippen LogP contribution is -2.13. The van der Waals surface area contributed by atoms with E-state index in [1.54, 1.807) is 60.7 Å². The van der Waals surface area contributed by atoms with Gasteiger partial charge in [0.25, 0.3) is 11.8 Å². The molecule has 0 unspecified atom stereocenters. The van der Waals surface area contributed by atoms with E-state index in [0.29, 0.717) is 65.6 Å². The van der Waals surface area contributed by atoms with Gasteiger partial charge in [-0.2, -0.15) is 8.67 Å². The number of hydrogen-bond donors (Lipinski definition) is 3. The highest BCUT2D eigenvalue weighted by atomic mass is 32.2. The number of nitrogens with one attached hydrogen (secondary N) is 2. The van der Waals surface area contributed by atoms with Crippen LogP contribution >= 0.6 is 46.8 Å². The predicted molar refractivity (Wildman–Crippen MR) is 288 cm³/mol. The van der Waals surface area contributed by atoms with Crippen LogP contribution in [-0.4, -0.2) is 92.3 Å². The highest BCUT2D eigenvalue weighted by Gasteiger charge is 2.18. The monoisotopic (exact) mass is 1150 g/mol. The number of benzene rings is 2. The minimum atomic E-state index is -1.12. The number of esters is 1. The Kier molecular flexibility index (Phi) is 21.2. The van der Waals surface area contributed by atoms with Gasteiger partial charge < -0.3 is 38.3 Å². The molecule has 0 radical (unpaired) electrons. The number of hydrogen-bond acceptors (Lipinski definition) is 25. The molecule has 8 rings (SSSR count). The molecule has 2 amide bonds. The molecular weight excluding hydrogens is 1110 g/mol. The Morgan fingerprint density at radius 2 is 0.911 bits per heavy atom. The lowest BCUT2D eigenvalue weighted by molar-refractivity contribution is -0.160. The van der Waals surface area contributed by atoms with Crippen LogP contribution in [-0.2, 0) is 23.2 Å². The summed E-state index contributed by atoms with van der Waals surface area (Å²) in [5, 5.41) is 17.0. The number of carboxylic acids is 1. The van der Waals surface area contributed by atoms with Crippen molar-refractivity contribution in [1.29, 1.82) is 0 Å². The van der Waals surface area contributed by atoms with Gasteiger partial charge in [0.2, 0.25) is 10.1 Å². The molecular formula is C51H46N8O16S4. The number of methoxy groups -OCH3 is 1. The van der Waals surface area contributed by atoms with Crippen LogP contribution in [0.2, 0.25) is 0 Å². The van der Waals surface area contributed by atoms with Crippen LogP contribution in [0.15, 0.2) is 132 Å². The van der Waals surface area contributed by atoms with Crippen molar-refractivity contribution in [2.75, 3.05) is 32.0 Å². The van der Waals surface area contributed by atoms with Crippen molar-refractivity contribution in [1.82, 2.24) is 29.9 Å². The summed E-state index contributed by atoms with van der Waals surface area (Å²) in [5.41, 5.74) is 0.783. The summed E-state index contributed by atoms with van der Waals surface area (Å²) in [6.45, 7) is 7.50. The minimum Gasteiger partial charge on any atom is -0.491 e. The van der Waals surface area contributed by atoms with E-state index in [-0.39, 0.29) is 45.3 Å². The Bertz CT molecular complexity index is 3350. The van der Waals surface area contributed by atoms with E-state index in [0.717, 1.165) is 46.8 Å². The van der Waals surface area contributed by atoms with Crippen molar-refractivity contribution >= 4 is 80.8 Å². The topological polar surface area (TPSA) is 291 Å². The SMILES string of the molecule is COOSc1ccc(Oc2cc(OC(C)C)cc(C(=O)Nc3ncc(Oc4cncc(C(=O)O)c4)s3)c2)cn1.COOSc1ccc(Oc2cc(OC(C)C)cc(C(=O)Nc3ncc(Oc4cncc(C(=O)OC)c4)s3)c2)cn1. The molecule has 0 aliphatic rings. The van der Waals surface area contributed by atoms with Gasteiger partial charge in [-0.1, -0.05) is 22.7 Å². The van der Waals surface area contributed by atoms with Crippen LogP contribution in [0.25, 0.3) is 0 Å². The summed E-state index contributed by atoms with van der Waals surface area (Å²) < 4.78 is 49.1. The lowest BCUT2D eigenvalue weighted by atomic mass is 10.2. The summed E-state index contributed by atoms with van der Waals surface area (Å²) >= 11 is 4.07. The second-order valence-corrected chi connectivity index (χ2v) is 19.3. The largest absolute Gasteiger partial charge is 0.491 e. The number of amides is 2. The fourth-order valence-electron chi connectivity index (χ4n) is 6.16. The summed E-state index contributed by atoms with van der Waals surface area (Å²) in [7, 11) is 4.07. The van der Waals surface area contributed by atoms with Crippen LogP contribution < -0.4 is 39.1 Å². The Balaban J connectivity index is 0.000000229. The molecule has 3 N–H and O–H groups in total. The van der Waals surface area contributed by atoms with Gasteiger partial charge in [0.15, 0.2) is 10.3 Å². The van der Waals surface area contributed by atoms with Gasteiger partial charge in [0.1, 0.15) is 56.0 Å². The number of rotatable bonds is 24. The number of carbonyl (C=O) groups is 4. The number of ether oxygens (including phenoxy) is 7. The quantitative estimate of drug-likeness (QED) is 0.0219. The maximum atomic E-state index is 13.1. The molecule has 8 aromatic rings. The molecule has 0 atom stereocenters. The lowest BCUT2D eigenvalue weighted by Gasteiger charge is -2.14. The van der Waals surface area contributed by atoms with E-state index in [1.807, 2.05) is 27.7 Å². The first-order valence-electron chi connectivity index (χ1n) is 22.9. The zero-order chi connectivity index (χ0) is 56.3. The number of pyridine rings is 4. The van der Waals surface area contributed by atoms with Gasteiger partial charge in [-0.15, -0.1) is 0 Å². The third kappa shape index (κ3) is 18.3. The molecule has 28 heteroatoms. The maximum Gasteiger partial charge on any atom is 0.339 e. The molecule has 24 nitrogen and oxygen atoms in total. The second-order valence-electron chi connectivity index (χ2n) is 15.9. The van der Waals surface area contributed by atoms with Crippen LogP contribution in [0.3, 0.4) is 0 Å². The van der Waals surface area contributed by atoms with Crippen LogP contribution in [0, 0.1) is 0 Å². The maximum absolute atomic E-state index is 13.1. The summed E-state index contributed by atoms with van der Waals surface area (Å²) in [5.74, 6) is 0.510. The van der Waals surface area contributed by atoms with E-state index in [9.17, 15) is 19.2 Å². The number of thiazole rings is 2. The standard InChI is InChI=1S/C26H24N4O8S2.C25H22N4O8S2/c1-15(2)35-19-7-16(8-20(10-19)36-18-5-6-22(28-13-18)40-38-34-4)24(31)30-26-29-14-23(39-26)37-21-9-17(11-27-12-21)25(32)33-3;1-14(2)34-18-6-15(7-19(9-18)35-17-4-5-21(27-12-17)39-37-33-3)23(30)29-25-28-13-22(38-25)36-20-8-16(24(31)32)10-26-11-20/h5-15H,1-4H3,(H,29,30,31);4-14H,1-3H3,(H,31,32)(H,28,29,30). The average Bonchev–Trinajstić information content (AvgIpc) is 4.08. The molecule has 79 heavy (non-hydrogen) atoms. The van der Waals surface area contributed by atoms with Gasteiger partial charge in [-0.05, 0) is 88.4 Å². The van der Waals surface area contributed by atoms with Crippen LogP contribution in [0.1, 0.15) is 69.1 Å². The minimum absolute atomic E-state index is 0.0159. The number of aromatic carboxylic acids is 1. The highest BCUT2D eigenvalue weighted by molar-refractivity contribution is 7.94. The van der Waals surface area contributed by atoms with E-state index >= 15 is 0 Å². The normalized spacial score (nSPS) is 10.7. The van der Waals surface area contributed by atoms with Crippen molar-refractivity contribution in [2.24, 2.45) is 0 Å². The molecule has 6 heterocycles.